The zero-order valence-corrected chi connectivity index (χ0v) is 15.7. The lowest BCUT2D eigenvalue weighted by Crippen LogP contribution is -2.45. The minimum absolute atomic E-state index is 0.0665. The first-order chi connectivity index (χ1) is 14.2. The molecule has 0 atom stereocenters. The topological polar surface area (TPSA) is 133 Å². The van der Waals surface area contributed by atoms with Gasteiger partial charge < -0.3 is 10.1 Å². The highest BCUT2D eigenvalue weighted by atomic mass is 35.5. The molecule has 0 bridgehead atoms. The Labute approximate surface area is 171 Å². The molecule has 11 nitrogen and oxygen atoms in total. The van der Waals surface area contributed by atoms with Crippen molar-refractivity contribution in [1.29, 1.82) is 0 Å². The molecule has 3 rings (SSSR count). The SMILES string of the molecule is CN1NNN=C1NC(=O)c1ccc(OC(F)(F)F)c(NC(=O)c2cccnn2)c1Cl. The number of halogens is 4. The average molecular weight is 445 g/mol. The molecular formula is C15H12ClF3N8O3. The second-order valence-electron chi connectivity index (χ2n) is 5.58. The quantitative estimate of drug-likeness (QED) is 0.553. The Hall–Kier alpha value is -3.65. The van der Waals surface area contributed by atoms with E-state index in [1.165, 1.54) is 30.4 Å². The Morgan fingerprint density at radius 1 is 1.20 bits per heavy atom. The zero-order chi connectivity index (χ0) is 21.9. The maximum Gasteiger partial charge on any atom is 0.573 e. The molecule has 1 aromatic carbocycles. The van der Waals surface area contributed by atoms with Crippen molar-refractivity contribution in [3.63, 3.8) is 0 Å². The summed E-state index contributed by atoms with van der Waals surface area (Å²) in [6.07, 6.45) is -3.77. The zero-order valence-electron chi connectivity index (χ0n) is 14.9. The first kappa shape index (κ1) is 21.1. The molecule has 0 aliphatic carbocycles. The number of hydrogen-bond donors (Lipinski definition) is 4. The number of nitrogens with one attached hydrogen (secondary N) is 4. The lowest BCUT2D eigenvalue weighted by atomic mass is 10.1. The van der Waals surface area contributed by atoms with Gasteiger partial charge in [-0.1, -0.05) is 11.6 Å². The van der Waals surface area contributed by atoms with E-state index in [4.69, 9.17) is 11.6 Å². The van der Waals surface area contributed by atoms with Crippen LogP contribution in [0, 0.1) is 0 Å². The number of guanidine groups is 1. The van der Waals surface area contributed by atoms with Crippen LogP contribution in [0.15, 0.2) is 35.6 Å². The van der Waals surface area contributed by atoms with E-state index in [1.54, 1.807) is 0 Å². The summed E-state index contributed by atoms with van der Waals surface area (Å²) < 4.78 is 42.2. The summed E-state index contributed by atoms with van der Waals surface area (Å²) in [5, 5.41) is 16.2. The monoisotopic (exact) mass is 444 g/mol. The average Bonchev–Trinajstić information content (AvgIpc) is 3.08. The molecule has 2 aromatic rings. The summed E-state index contributed by atoms with van der Waals surface area (Å²) in [7, 11) is 1.54. The van der Waals surface area contributed by atoms with Gasteiger partial charge in [-0.25, -0.2) is 5.53 Å². The smallest absolute Gasteiger partial charge is 0.404 e. The normalized spacial score (nSPS) is 13.4. The van der Waals surface area contributed by atoms with Crippen molar-refractivity contribution in [2.45, 2.75) is 6.36 Å². The van der Waals surface area contributed by atoms with Crippen molar-refractivity contribution in [3.8, 4) is 5.75 Å². The first-order valence-electron chi connectivity index (χ1n) is 7.96. The van der Waals surface area contributed by atoms with E-state index >= 15 is 0 Å². The van der Waals surface area contributed by atoms with Crippen LogP contribution in [0.4, 0.5) is 18.9 Å². The van der Waals surface area contributed by atoms with Gasteiger partial charge in [0.05, 0.1) is 10.6 Å². The second-order valence-corrected chi connectivity index (χ2v) is 5.96. The molecule has 30 heavy (non-hydrogen) atoms. The summed E-state index contributed by atoms with van der Waals surface area (Å²) >= 11 is 6.15. The lowest BCUT2D eigenvalue weighted by molar-refractivity contribution is -0.274. The van der Waals surface area contributed by atoms with Crippen LogP contribution in [-0.2, 0) is 0 Å². The largest absolute Gasteiger partial charge is 0.573 e. The minimum Gasteiger partial charge on any atom is -0.404 e. The van der Waals surface area contributed by atoms with Crippen molar-refractivity contribution in [2.75, 3.05) is 12.4 Å². The molecule has 2 amide bonds. The Balaban J connectivity index is 1.95. The molecule has 2 heterocycles. The van der Waals surface area contributed by atoms with Crippen molar-refractivity contribution in [2.24, 2.45) is 5.10 Å². The van der Waals surface area contributed by atoms with E-state index in [0.29, 0.717) is 0 Å². The Morgan fingerprint density at radius 2 is 1.97 bits per heavy atom. The highest BCUT2D eigenvalue weighted by Crippen LogP contribution is 2.38. The molecule has 0 radical (unpaired) electrons. The standard InChI is InChI=1S/C15H12ClF3N8O3/c1-27-14(24-25-26-27)22-12(28)7-4-5-9(30-15(17,18)19)11(10(7)16)21-13(29)8-3-2-6-20-23-8/h2-6,25-26H,1H3,(H,21,29)(H,22,24,28). The van der Waals surface area contributed by atoms with Crippen molar-refractivity contribution in [1.82, 2.24) is 31.6 Å². The molecule has 0 unspecified atom stereocenters. The molecule has 1 aliphatic heterocycles. The third-order valence-electron chi connectivity index (χ3n) is 3.54. The predicted octanol–water partition coefficient (Wildman–Crippen LogP) is 1.24. The molecule has 1 aliphatic rings. The van der Waals surface area contributed by atoms with E-state index < -0.39 is 34.6 Å². The fourth-order valence-corrected chi connectivity index (χ4v) is 2.51. The van der Waals surface area contributed by atoms with Gasteiger partial charge in [0.2, 0.25) is 5.96 Å². The molecular weight excluding hydrogens is 433 g/mol. The van der Waals surface area contributed by atoms with Gasteiger partial charge >= 0.3 is 6.36 Å². The van der Waals surface area contributed by atoms with Crippen LogP contribution >= 0.6 is 11.6 Å². The molecule has 1 aromatic heterocycles. The Kier molecular flexibility index (Phi) is 5.89. The van der Waals surface area contributed by atoms with Crippen LogP contribution in [0.5, 0.6) is 5.75 Å². The van der Waals surface area contributed by atoms with Crippen LogP contribution in [0.3, 0.4) is 0 Å². The van der Waals surface area contributed by atoms with E-state index in [0.717, 1.165) is 12.1 Å². The van der Waals surface area contributed by atoms with Gasteiger partial charge in [0.25, 0.3) is 11.8 Å². The van der Waals surface area contributed by atoms with E-state index in [1.807, 2.05) is 0 Å². The number of hydrazone groups is 1. The van der Waals surface area contributed by atoms with Gasteiger partial charge in [0.1, 0.15) is 5.69 Å². The maximum atomic E-state index is 12.8. The van der Waals surface area contributed by atoms with Crippen LogP contribution < -0.4 is 26.4 Å². The number of carbonyl (C=O) groups excluding carboxylic acids is 2. The minimum atomic E-state index is -5.07. The number of ether oxygens (including phenoxy) is 1. The van der Waals surface area contributed by atoms with Crippen LogP contribution in [0.1, 0.15) is 20.8 Å². The maximum absolute atomic E-state index is 12.8. The van der Waals surface area contributed by atoms with Gasteiger partial charge in [-0.05, 0) is 24.3 Å². The molecule has 0 fully saturated rings. The molecule has 0 spiro atoms. The molecule has 0 saturated carbocycles. The number of benzene rings is 1. The number of aromatic nitrogens is 2. The van der Waals surface area contributed by atoms with Gasteiger partial charge in [-0.2, -0.15) is 5.10 Å². The highest BCUT2D eigenvalue weighted by Gasteiger charge is 2.34. The Bertz CT molecular complexity index is 1000. The van der Waals surface area contributed by atoms with Crippen molar-refractivity contribution >= 4 is 35.1 Å². The van der Waals surface area contributed by atoms with E-state index in [2.05, 4.69) is 41.7 Å². The van der Waals surface area contributed by atoms with Gasteiger partial charge in [0, 0.05) is 13.2 Å². The summed E-state index contributed by atoms with van der Waals surface area (Å²) in [5.41, 5.74) is 3.92. The van der Waals surface area contributed by atoms with Crippen molar-refractivity contribution in [3.05, 3.63) is 46.7 Å². The number of alkyl halides is 3. The number of hydrazine groups is 2. The highest BCUT2D eigenvalue weighted by molar-refractivity contribution is 6.37. The summed E-state index contributed by atoms with van der Waals surface area (Å²) in [6, 6.07) is 4.54. The molecule has 158 valence electrons. The third-order valence-corrected chi connectivity index (χ3v) is 3.93. The summed E-state index contributed by atoms with van der Waals surface area (Å²) in [4.78, 5) is 24.8. The van der Waals surface area contributed by atoms with Gasteiger partial charge in [0.15, 0.2) is 11.4 Å². The third kappa shape index (κ3) is 4.84. The Morgan fingerprint density at radius 3 is 2.57 bits per heavy atom. The molecule has 0 saturated heterocycles. The van der Waals surface area contributed by atoms with Crippen molar-refractivity contribution < 1.29 is 27.5 Å². The number of amides is 2. The fourth-order valence-electron chi connectivity index (χ4n) is 2.22. The lowest BCUT2D eigenvalue weighted by Gasteiger charge is -2.18. The summed E-state index contributed by atoms with van der Waals surface area (Å²) in [5.74, 6) is -2.47. The van der Waals surface area contributed by atoms with Crippen LogP contribution in [-0.4, -0.2) is 46.4 Å². The second kappa shape index (κ2) is 8.38. The van der Waals surface area contributed by atoms with Crippen LogP contribution in [0.25, 0.3) is 0 Å². The van der Waals surface area contributed by atoms with E-state index in [9.17, 15) is 22.8 Å². The molecule has 4 N–H and O–H groups in total. The number of nitrogens with zero attached hydrogens (tertiary/aromatic N) is 4. The number of hydrogen-bond acceptors (Lipinski definition) is 9. The van der Waals surface area contributed by atoms with Gasteiger partial charge in [-0.15, -0.1) is 28.9 Å². The van der Waals surface area contributed by atoms with E-state index in [-0.39, 0.29) is 17.2 Å². The van der Waals surface area contributed by atoms with Crippen LogP contribution in [0.2, 0.25) is 5.02 Å². The first-order valence-corrected chi connectivity index (χ1v) is 8.34. The van der Waals surface area contributed by atoms with Gasteiger partial charge in [-0.3, -0.25) is 19.9 Å². The number of rotatable bonds is 4. The fraction of sp³-hybridized carbons (Fsp3) is 0.133. The molecule has 15 heteroatoms. The number of carbonyl (C=O) groups is 2. The summed E-state index contributed by atoms with van der Waals surface area (Å²) in [6.45, 7) is 0. The predicted molar refractivity (Wildman–Crippen MR) is 97.1 cm³/mol. The number of anilines is 1.